The Morgan fingerprint density at radius 1 is 0.287 bits per heavy atom. The molecule has 12 aromatic rings. The molecular formula is C70H56O10. The van der Waals surface area contributed by atoms with Gasteiger partial charge in [-0.2, -0.15) is 0 Å². The molecule has 10 nitrogen and oxygen atoms in total. The third-order valence-corrected chi connectivity index (χ3v) is 14.6. The van der Waals surface area contributed by atoms with Crippen LogP contribution >= 0.6 is 0 Å². The van der Waals surface area contributed by atoms with Gasteiger partial charge in [0.05, 0.1) is 13.2 Å². The number of ether oxygens (including phenoxy) is 2. The van der Waals surface area contributed by atoms with Gasteiger partial charge in [-0.1, -0.05) is 158 Å². The normalized spacial score (nSPS) is 11.3. The molecule has 0 unspecified atom stereocenters. The molecule has 0 aliphatic carbocycles. The summed E-state index contributed by atoms with van der Waals surface area (Å²) in [6.07, 6.45) is 0. The zero-order valence-electron chi connectivity index (χ0n) is 43.3. The highest BCUT2D eigenvalue weighted by Crippen LogP contribution is 2.49. The lowest BCUT2D eigenvalue weighted by molar-refractivity contribution is 0.201. The van der Waals surface area contributed by atoms with Gasteiger partial charge in [0.15, 0.2) is 0 Å². The highest BCUT2D eigenvalue weighted by Gasteiger charge is 2.29. The number of rotatable bonds is 14. The Morgan fingerprint density at radius 2 is 0.588 bits per heavy atom. The van der Waals surface area contributed by atoms with E-state index in [0.29, 0.717) is 33.8 Å². The standard InChI is InChI=1S/C37H32O6.C33H24O4/c38-18-20-42-29-12-14-31-27(22-29)10-16-33(40)36(31)35(26-8-6-25(7-9-26)24-4-2-1-3-5-24)37-32-15-13-30(43-21-19-39)23-28(32)11-17-34(37)41;34-25-12-14-27-23(18-25)10-16-29(36)32(27)31(22-8-6-21(7-9-22)20-4-2-1-3-5-20)33-28-15-13-26(35)19-24(28)11-17-30(33)37/h1-17,22-23,35,38-41H,18-21H2;1-19,31,34-37H. The first-order valence-corrected chi connectivity index (χ1v) is 26.3. The SMILES string of the molecule is OCCOc1ccc2c(C(c3ccc(-c4ccccc4)cc3)c3c(O)ccc4cc(OCCO)ccc34)c(O)ccc2c1.Oc1ccc2c(C(c3ccc(-c4ccccc4)cc3)c3c(O)ccc4cc(O)ccc34)c(O)ccc2c1. The molecule has 0 fully saturated rings. The lowest BCUT2D eigenvalue weighted by Crippen LogP contribution is -2.07. The maximum absolute atomic E-state index is 11.5. The van der Waals surface area contributed by atoms with E-state index in [-0.39, 0.29) is 60.9 Å². The van der Waals surface area contributed by atoms with Gasteiger partial charge >= 0.3 is 0 Å². The minimum absolute atomic E-state index is 0.0884. The van der Waals surface area contributed by atoms with Gasteiger partial charge in [0.25, 0.3) is 0 Å². The van der Waals surface area contributed by atoms with Crippen LogP contribution in [0.1, 0.15) is 45.2 Å². The molecule has 0 saturated heterocycles. The minimum atomic E-state index is -0.536. The van der Waals surface area contributed by atoms with Crippen molar-refractivity contribution in [3.8, 4) is 68.2 Å². The lowest BCUT2D eigenvalue weighted by Gasteiger charge is -2.25. The second-order valence-corrected chi connectivity index (χ2v) is 19.6. The summed E-state index contributed by atoms with van der Waals surface area (Å²) >= 11 is 0. The van der Waals surface area contributed by atoms with Crippen LogP contribution in [0.3, 0.4) is 0 Å². The van der Waals surface area contributed by atoms with Gasteiger partial charge in [-0.3, -0.25) is 0 Å². The van der Waals surface area contributed by atoms with E-state index in [1.165, 1.54) is 0 Å². The molecule has 0 spiro atoms. The van der Waals surface area contributed by atoms with Crippen LogP contribution in [0.15, 0.2) is 231 Å². The fourth-order valence-electron chi connectivity index (χ4n) is 11.0. The number of aliphatic hydroxyl groups excluding tert-OH is 2. The smallest absolute Gasteiger partial charge is 0.120 e. The van der Waals surface area contributed by atoms with Crippen LogP contribution in [-0.2, 0) is 0 Å². The van der Waals surface area contributed by atoms with E-state index in [9.17, 15) is 40.9 Å². The number of hydrogen-bond donors (Lipinski definition) is 8. The van der Waals surface area contributed by atoms with Crippen molar-refractivity contribution in [3.05, 3.63) is 264 Å². The molecule has 0 radical (unpaired) electrons. The molecule has 12 rings (SSSR count). The molecule has 0 bridgehead atoms. The predicted molar refractivity (Wildman–Crippen MR) is 317 cm³/mol. The fraction of sp³-hybridized carbons (Fsp3) is 0.0857. The van der Waals surface area contributed by atoms with Crippen molar-refractivity contribution in [2.75, 3.05) is 26.4 Å². The molecule has 0 amide bonds. The maximum Gasteiger partial charge on any atom is 0.120 e. The van der Waals surface area contributed by atoms with Gasteiger partial charge < -0.3 is 50.3 Å². The molecule has 0 saturated carbocycles. The highest BCUT2D eigenvalue weighted by atomic mass is 16.5. The Hall–Kier alpha value is -10.0. The first-order chi connectivity index (χ1) is 39.1. The summed E-state index contributed by atoms with van der Waals surface area (Å²) in [6, 6.07) is 71.7. The average molecular weight is 1060 g/mol. The van der Waals surface area contributed by atoms with Crippen LogP contribution in [-0.4, -0.2) is 67.3 Å². The van der Waals surface area contributed by atoms with Crippen LogP contribution in [0.5, 0.6) is 46.0 Å². The minimum Gasteiger partial charge on any atom is -0.508 e. The van der Waals surface area contributed by atoms with Gasteiger partial charge in [0, 0.05) is 34.1 Å². The van der Waals surface area contributed by atoms with E-state index in [0.717, 1.165) is 76.5 Å². The molecule has 0 heterocycles. The van der Waals surface area contributed by atoms with E-state index in [1.807, 2.05) is 121 Å². The summed E-state index contributed by atoms with van der Waals surface area (Å²) in [5.41, 5.74) is 8.64. The Bertz CT molecular complexity index is 3980. The van der Waals surface area contributed by atoms with Crippen molar-refractivity contribution in [2.45, 2.75) is 11.8 Å². The molecular weight excluding hydrogens is 1000 g/mol. The fourth-order valence-corrected chi connectivity index (χ4v) is 11.0. The first-order valence-electron chi connectivity index (χ1n) is 26.3. The van der Waals surface area contributed by atoms with E-state index in [2.05, 4.69) is 36.4 Å². The Morgan fingerprint density at radius 3 is 0.912 bits per heavy atom. The second-order valence-electron chi connectivity index (χ2n) is 19.6. The molecule has 0 aliphatic rings. The van der Waals surface area contributed by atoms with Crippen molar-refractivity contribution >= 4 is 43.1 Å². The zero-order chi connectivity index (χ0) is 55.3. The van der Waals surface area contributed by atoms with Crippen molar-refractivity contribution in [2.24, 2.45) is 0 Å². The van der Waals surface area contributed by atoms with E-state index in [1.54, 1.807) is 72.8 Å². The summed E-state index contributed by atoms with van der Waals surface area (Å²) < 4.78 is 11.3. The third-order valence-electron chi connectivity index (χ3n) is 14.6. The number of aliphatic hydroxyl groups is 2. The third kappa shape index (κ3) is 10.6. The second kappa shape index (κ2) is 22.9. The monoisotopic (exact) mass is 1060 g/mol. The summed E-state index contributed by atoms with van der Waals surface area (Å²) in [5.74, 6) is 0.817. The van der Waals surface area contributed by atoms with Gasteiger partial charge in [0.1, 0.15) is 59.2 Å². The predicted octanol–water partition coefficient (Wildman–Crippen LogP) is 14.7. The first kappa shape index (κ1) is 52.1. The lowest BCUT2D eigenvalue weighted by atomic mass is 9.79. The van der Waals surface area contributed by atoms with Crippen molar-refractivity contribution in [3.63, 3.8) is 0 Å². The van der Waals surface area contributed by atoms with E-state index < -0.39 is 11.8 Å². The number of benzene rings is 12. The summed E-state index contributed by atoms with van der Waals surface area (Å²) in [5, 5.41) is 90.4. The number of fused-ring (bicyclic) bond motifs is 4. The Kier molecular flexibility index (Phi) is 14.9. The summed E-state index contributed by atoms with van der Waals surface area (Å²) in [6.45, 7) is 0.182. The number of aromatic hydroxyl groups is 6. The Balaban J connectivity index is 0.000000171. The number of hydrogen-bond acceptors (Lipinski definition) is 10. The zero-order valence-corrected chi connectivity index (χ0v) is 43.3. The highest BCUT2D eigenvalue weighted by molar-refractivity contribution is 5.96. The maximum atomic E-state index is 11.5. The van der Waals surface area contributed by atoms with Gasteiger partial charge in [-0.25, -0.2) is 0 Å². The molecule has 10 heteroatoms. The largest absolute Gasteiger partial charge is 0.508 e. The summed E-state index contributed by atoms with van der Waals surface area (Å²) in [7, 11) is 0. The molecule has 80 heavy (non-hydrogen) atoms. The number of phenols is 6. The van der Waals surface area contributed by atoms with Gasteiger partial charge in [-0.05, 0) is 149 Å². The topological polar surface area (TPSA) is 180 Å². The van der Waals surface area contributed by atoms with Gasteiger partial charge in [-0.15, -0.1) is 0 Å². The van der Waals surface area contributed by atoms with Crippen LogP contribution < -0.4 is 9.47 Å². The van der Waals surface area contributed by atoms with E-state index in [4.69, 9.17) is 9.47 Å². The summed E-state index contributed by atoms with van der Waals surface area (Å²) in [4.78, 5) is 0. The Labute approximate surface area is 461 Å². The molecule has 8 N–H and O–H groups in total. The molecule has 396 valence electrons. The van der Waals surface area contributed by atoms with Crippen LogP contribution in [0.4, 0.5) is 0 Å². The van der Waals surface area contributed by atoms with Crippen LogP contribution in [0.25, 0.3) is 65.3 Å². The molecule has 0 aliphatic heterocycles. The van der Waals surface area contributed by atoms with E-state index >= 15 is 0 Å². The van der Waals surface area contributed by atoms with Crippen molar-refractivity contribution in [1.82, 2.24) is 0 Å². The molecule has 0 atom stereocenters. The quantitative estimate of drug-likeness (QED) is 0.0489. The van der Waals surface area contributed by atoms with Crippen molar-refractivity contribution in [1.29, 1.82) is 0 Å². The van der Waals surface area contributed by atoms with Crippen LogP contribution in [0, 0.1) is 0 Å². The van der Waals surface area contributed by atoms with Crippen LogP contribution in [0.2, 0.25) is 0 Å². The van der Waals surface area contributed by atoms with Crippen molar-refractivity contribution < 1.29 is 50.3 Å². The number of phenolic OH excluding ortho intramolecular Hbond substituents is 6. The van der Waals surface area contributed by atoms with Gasteiger partial charge in [0.2, 0.25) is 0 Å². The molecule has 12 aromatic carbocycles. The molecule has 0 aromatic heterocycles. The average Bonchev–Trinajstić information content (AvgIpc) is 3.67.